The van der Waals surface area contributed by atoms with Gasteiger partial charge >= 0.3 is 0 Å². The van der Waals surface area contributed by atoms with Crippen molar-refractivity contribution in [3.05, 3.63) is 29.8 Å². The lowest BCUT2D eigenvalue weighted by atomic mass is 9.78. The summed E-state index contributed by atoms with van der Waals surface area (Å²) in [5.74, 6) is 1.49. The fraction of sp³-hybridized carbons (Fsp3) is 0.625. The Labute approximate surface area is 115 Å². The molecule has 2 rings (SSSR count). The number of ether oxygens (including phenoxy) is 2. The molecule has 0 bridgehead atoms. The molecule has 0 heterocycles. The summed E-state index contributed by atoms with van der Waals surface area (Å²) < 4.78 is 10.7. The molecule has 19 heavy (non-hydrogen) atoms. The normalized spacial score (nSPS) is 23.7. The van der Waals surface area contributed by atoms with Gasteiger partial charge in [0.05, 0.1) is 19.3 Å². The van der Waals surface area contributed by atoms with Crippen molar-refractivity contribution in [2.45, 2.75) is 44.8 Å². The first kappa shape index (κ1) is 14.4. The van der Waals surface area contributed by atoms with Crippen molar-refractivity contribution in [2.24, 2.45) is 5.92 Å². The summed E-state index contributed by atoms with van der Waals surface area (Å²) in [7, 11) is 1.66. The van der Waals surface area contributed by atoms with E-state index in [0.29, 0.717) is 12.0 Å². The second kappa shape index (κ2) is 6.92. The monoisotopic (exact) mass is 264 g/mol. The van der Waals surface area contributed by atoms with Crippen molar-refractivity contribution in [1.82, 2.24) is 0 Å². The molecule has 0 amide bonds. The van der Waals surface area contributed by atoms with Gasteiger partial charge in [-0.15, -0.1) is 0 Å². The van der Waals surface area contributed by atoms with Gasteiger partial charge in [-0.05, 0) is 56.2 Å². The molecule has 3 nitrogen and oxygen atoms in total. The third kappa shape index (κ3) is 4.22. The van der Waals surface area contributed by atoms with Crippen LogP contribution in [-0.2, 0) is 11.2 Å². The lowest BCUT2D eigenvalue weighted by Crippen LogP contribution is -2.34. The van der Waals surface area contributed by atoms with Crippen LogP contribution in [0.2, 0.25) is 0 Å². The predicted molar refractivity (Wildman–Crippen MR) is 75.5 cm³/mol. The highest BCUT2D eigenvalue weighted by Crippen LogP contribution is 2.34. The van der Waals surface area contributed by atoms with Crippen LogP contribution in [-0.4, -0.2) is 31.0 Å². The van der Waals surface area contributed by atoms with Gasteiger partial charge in [-0.3, -0.25) is 0 Å². The standard InChI is InChI=1S/C16H24O3/c1-3-19-16-10-13(11-16)9-14(17)8-12-4-6-15(18-2)7-5-12/h4-7,13-14,16-17H,3,8-11H2,1-2H3. The zero-order chi connectivity index (χ0) is 13.7. The van der Waals surface area contributed by atoms with Crippen molar-refractivity contribution in [1.29, 1.82) is 0 Å². The van der Waals surface area contributed by atoms with Crippen LogP contribution in [0.5, 0.6) is 5.75 Å². The Bertz CT molecular complexity index is 368. The van der Waals surface area contributed by atoms with Gasteiger partial charge in [-0.2, -0.15) is 0 Å². The molecular weight excluding hydrogens is 240 g/mol. The van der Waals surface area contributed by atoms with E-state index in [-0.39, 0.29) is 6.10 Å². The minimum Gasteiger partial charge on any atom is -0.497 e. The molecule has 0 spiro atoms. The Morgan fingerprint density at radius 1 is 1.26 bits per heavy atom. The molecule has 1 unspecified atom stereocenters. The van der Waals surface area contributed by atoms with Gasteiger partial charge < -0.3 is 14.6 Å². The molecule has 1 fully saturated rings. The van der Waals surface area contributed by atoms with Crippen LogP contribution in [0.3, 0.4) is 0 Å². The first-order valence-electron chi connectivity index (χ1n) is 7.13. The Hall–Kier alpha value is -1.06. The van der Waals surface area contributed by atoms with Crippen LogP contribution < -0.4 is 4.74 Å². The number of hydrogen-bond acceptors (Lipinski definition) is 3. The number of aliphatic hydroxyl groups is 1. The summed E-state index contributed by atoms with van der Waals surface area (Å²) in [6.07, 6.45) is 4.00. The summed E-state index contributed by atoms with van der Waals surface area (Å²) in [5.41, 5.74) is 1.16. The molecule has 1 aromatic rings. The number of aliphatic hydroxyl groups excluding tert-OH is 1. The first-order valence-corrected chi connectivity index (χ1v) is 7.13. The summed E-state index contributed by atoms with van der Waals surface area (Å²) in [6.45, 7) is 2.83. The van der Waals surface area contributed by atoms with Crippen LogP contribution in [0.15, 0.2) is 24.3 Å². The van der Waals surface area contributed by atoms with Crippen molar-refractivity contribution >= 4 is 0 Å². The molecular formula is C16H24O3. The molecule has 1 aliphatic rings. The van der Waals surface area contributed by atoms with E-state index < -0.39 is 0 Å². The van der Waals surface area contributed by atoms with E-state index in [4.69, 9.17) is 9.47 Å². The summed E-state index contributed by atoms with van der Waals surface area (Å²) in [6, 6.07) is 7.92. The molecule has 0 aliphatic heterocycles. The first-order chi connectivity index (χ1) is 9.21. The molecule has 0 saturated heterocycles. The maximum atomic E-state index is 10.1. The largest absolute Gasteiger partial charge is 0.497 e. The molecule has 0 aromatic heterocycles. The number of rotatable bonds is 7. The summed E-state index contributed by atoms with van der Waals surface area (Å²) >= 11 is 0. The van der Waals surface area contributed by atoms with Crippen molar-refractivity contribution in [2.75, 3.05) is 13.7 Å². The summed E-state index contributed by atoms with van der Waals surface area (Å²) in [4.78, 5) is 0. The highest BCUT2D eigenvalue weighted by molar-refractivity contribution is 5.27. The zero-order valence-corrected chi connectivity index (χ0v) is 11.8. The highest BCUT2D eigenvalue weighted by Gasteiger charge is 2.30. The van der Waals surface area contributed by atoms with E-state index in [0.717, 1.165) is 43.6 Å². The number of methoxy groups -OCH3 is 1. The van der Waals surface area contributed by atoms with Crippen molar-refractivity contribution in [3.8, 4) is 5.75 Å². The van der Waals surface area contributed by atoms with E-state index in [9.17, 15) is 5.11 Å². The Morgan fingerprint density at radius 2 is 1.95 bits per heavy atom. The second-order valence-corrected chi connectivity index (χ2v) is 5.36. The molecule has 1 aliphatic carbocycles. The van der Waals surface area contributed by atoms with E-state index in [1.54, 1.807) is 7.11 Å². The van der Waals surface area contributed by atoms with Crippen molar-refractivity contribution < 1.29 is 14.6 Å². The molecule has 1 atom stereocenters. The number of benzene rings is 1. The minimum atomic E-state index is -0.249. The maximum Gasteiger partial charge on any atom is 0.118 e. The van der Waals surface area contributed by atoms with E-state index in [1.807, 2.05) is 31.2 Å². The second-order valence-electron chi connectivity index (χ2n) is 5.36. The maximum absolute atomic E-state index is 10.1. The molecule has 1 aromatic carbocycles. The third-order valence-electron chi connectivity index (χ3n) is 3.83. The average Bonchev–Trinajstić information content (AvgIpc) is 2.37. The average molecular weight is 264 g/mol. The van der Waals surface area contributed by atoms with Crippen LogP contribution >= 0.6 is 0 Å². The van der Waals surface area contributed by atoms with Gasteiger partial charge in [-0.1, -0.05) is 12.1 Å². The van der Waals surface area contributed by atoms with Gasteiger partial charge in [0, 0.05) is 6.61 Å². The Morgan fingerprint density at radius 3 is 2.53 bits per heavy atom. The lowest BCUT2D eigenvalue weighted by Gasteiger charge is -2.36. The third-order valence-corrected chi connectivity index (χ3v) is 3.83. The molecule has 1 N–H and O–H groups in total. The van der Waals surface area contributed by atoms with Crippen LogP contribution in [0, 0.1) is 5.92 Å². The van der Waals surface area contributed by atoms with E-state index in [2.05, 4.69) is 0 Å². The molecule has 0 radical (unpaired) electrons. The van der Waals surface area contributed by atoms with Gasteiger partial charge in [0.15, 0.2) is 0 Å². The van der Waals surface area contributed by atoms with Gasteiger partial charge in [0.1, 0.15) is 5.75 Å². The fourth-order valence-corrected chi connectivity index (χ4v) is 2.74. The molecule has 3 heteroatoms. The smallest absolute Gasteiger partial charge is 0.118 e. The predicted octanol–water partition coefficient (Wildman–Crippen LogP) is 2.80. The van der Waals surface area contributed by atoms with E-state index >= 15 is 0 Å². The van der Waals surface area contributed by atoms with Crippen molar-refractivity contribution in [3.63, 3.8) is 0 Å². The number of hydrogen-bond donors (Lipinski definition) is 1. The fourth-order valence-electron chi connectivity index (χ4n) is 2.74. The van der Waals surface area contributed by atoms with Crippen LogP contribution in [0.4, 0.5) is 0 Å². The highest BCUT2D eigenvalue weighted by atomic mass is 16.5. The topological polar surface area (TPSA) is 38.7 Å². The van der Waals surface area contributed by atoms with Gasteiger partial charge in [0.25, 0.3) is 0 Å². The van der Waals surface area contributed by atoms with Crippen LogP contribution in [0.1, 0.15) is 31.7 Å². The SMILES string of the molecule is CCOC1CC(CC(O)Cc2ccc(OC)cc2)C1. The molecule has 1 saturated carbocycles. The van der Waals surface area contributed by atoms with Gasteiger partial charge in [-0.25, -0.2) is 0 Å². The molecule has 106 valence electrons. The minimum absolute atomic E-state index is 0.249. The summed E-state index contributed by atoms with van der Waals surface area (Å²) in [5, 5.41) is 10.1. The lowest BCUT2D eigenvalue weighted by molar-refractivity contribution is -0.0375. The Kier molecular flexibility index (Phi) is 5.23. The van der Waals surface area contributed by atoms with Crippen LogP contribution in [0.25, 0.3) is 0 Å². The quantitative estimate of drug-likeness (QED) is 0.823. The Balaban J connectivity index is 1.71. The van der Waals surface area contributed by atoms with Gasteiger partial charge in [0.2, 0.25) is 0 Å². The zero-order valence-electron chi connectivity index (χ0n) is 11.8. The van der Waals surface area contributed by atoms with E-state index in [1.165, 1.54) is 0 Å².